The maximum absolute atomic E-state index is 11.9. The summed E-state index contributed by atoms with van der Waals surface area (Å²) in [7, 11) is 0. The highest BCUT2D eigenvalue weighted by Crippen LogP contribution is 2.23. The lowest BCUT2D eigenvalue weighted by Crippen LogP contribution is -2.28. The Labute approximate surface area is 161 Å². The molecule has 0 aliphatic heterocycles. The van der Waals surface area contributed by atoms with Crippen molar-refractivity contribution in [3.8, 4) is 17.1 Å². The van der Waals surface area contributed by atoms with Gasteiger partial charge in [0.25, 0.3) is 5.91 Å². The van der Waals surface area contributed by atoms with Gasteiger partial charge >= 0.3 is 0 Å². The predicted molar refractivity (Wildman–Crippen MR) is 103 cm³/mol. The van der Waals surface area contributed by atoms with Crippen LogP contribution >= 0.6 is 11.6 Å². The minimum Gasteiger partial charge on any atom is -0.484 e. The molecule has 0 fully saturated rings. The number of ketones is 1. The summed E-state index contributed by atoms with van der Waals surface area (Å²) in [5.41, 5.74) is 1.51. The second kappa shape index (κ2) is 8.56. The van der Waals surface area contributed by atoms with Gasteiger partial charge in [-0.2, -0.15) is 0 Å². The smallest absolute Gasteiger partial charge is 0.258 e. The Morgan fingerprint density at radius 1 is 1.00 bits per heavy atom. The monoisotopic (exact) mass is 383 g/mol. The Morgan fingerprint density at radius 2 is 1.70 bits per heavy atom. The molecule has 0 aliphatic carbocycles. The molecule has 0 unspecified atom stereocenters. The van der Waals surface area contributed by atoms with Gasteiger partial charge in [-0.15, -0.1) is 0 Å². The highest BCUT2D eigenvalue weighted by molar-refractivity contribution is 6.30. The fourth-order valence-corrected chi connectivity index (χ4v) is 2.54. The quantitative estimate of drug-likeness (QED) is 0.610. The summed E-state index contributed by atoms with van der Waals surface area (Å²) in [6.07, 6.45) is 0. The van der Waals surface area contributed by atoms with Gasteiger partial charge < -0.3 is 14.5 Å². The maximum Gasteiger partial charge on any atom is 0.258 e. The number of carbonyl (C=O) groups is 2. The number of halogens is 1. The normalized spacial score (nSPS) is 10.4. The molecule has 0 bridgehead atoms. The lowest BCUT2D eigenvalue weighted by atomic mass is 10.1. The number of ether oxygens (including phenoxy) is 1. The van der Waals surface area contributed by atoms with E-state index in [4.69, 9.17) is 20.8 Å². The van der Waals surface area contributed by atoms with Crippen molar-refractivity contribution in [1.82, 2.24) is 5.32 Å². The zero-order chi connectivity index (χ0) is 19.2. The molecule has 0 atom stereocenters. The predicted octanol–water partition coefficient (Wildman–Crippen LogP) is 4.50. The molecule has 0 spiro atoms. The summed E-state index contributed by atoms with van der Waals surface area (Å²) < 4.78 is 11.1. The van der Waals surface area contributed by atoms with Crippen molar-refractivity contribution in [2.24, 2.45) is 0 Å². The second-order valence-electron chi connectivity index (χ2n) is 5.92. The zero-order valence-electron chi connectivity index (χ0n) is 14.7. The first kappa shape index (κ1) is 18.7. The molecular weight excluding hydrogens is 366 g/mol. The van der Waals surface area contributed by atoms with E-state index in [1.807, 2.05) is 24.3 Å². The molecule has 0 radical (unpaired) electrons. The number of Topliss-reactive ketones (excluding diaryl/α,β-unsaturated/α-hetero) is 1. The van der Waals surface area contributed by atoms with Crippen molar-refractivity contribution in [2.75, 3.05) is 6.61 Å². The Balaban J connectivity index is 1.48. The summed E-state index contributed by atoms with van der Waals surface area (Å²) in [6, 6.07) is 17.6. The van der Waals surface area contributed by atoms with Gasteiger partial charge in [-0.1, -0.05) is 11.6 Å². The molecule has 27 heavy (non-hydrogen) atoms. The topological polar surface area (TPSA) is 68.5 Å². The van der Waals surface area contributed by atoms with Crippen LogP contribution in [-0.4, -0.2) is 18.3 Å². The van der Waals surface area contributed by atoms with Gasteiger partial charge in [-0.3, -0.25) is 9.59 Å². The molecule has 138 valence electrons. The molecule has 3 rings (SSSR count). The lowest BCUT2D eigenvalue weighted by molar-refractivity contribution is -0.123. The number of amides is 1. The molecule has 6 heteroatoms. The molecule has 1 amide bonds. The van der Waals surface area contributed by atoms with Gasteiger partial charge in [0.2, 0.25) is 0 Å². The Bertz CT molecular complexity index is 930. The number of benzene rings is 2. The van der Waals surface area contributed by atoms with Gasteiger partial charge in [0, 0.05) is 16.1 Å². The largest absolute Gasteiger partial charge is 0.484 e. The average Bonchev–Trinajstić information content (AvgIpc) is 3.14. The molecule has 1 aromatic heterocycles. The van der Waals surface area contributed by atoms with Crippen molar-refractivity contribution in [2.45, 2.75) is 13.5 Å². The Hall–Kier alpha value is -3.05. The van der Waals surface area contributed by atoms with Crippen molar-refractivity contribution < 1.29 is 18.7 Å². The van der Waals surface area contributed by atoms with Crippen LogP contribution in [0.25, 0.3) is 11.3 Å². The second-order valence-corrected chi connectivity index (χ2v) is 6.36. The van der Waals surface area contributed by atoms with Crippen LogP contribution in [0.15, 0.2) is 65.1 Å². The van der Waals surface area contributed by atoms with Crippen LogP contribution in [0.2, 0.25) is 5.02 Å². The summed E-state index contributed by atoms with van der Waals surface area (Å²) >= 11 is 5.88. The van der Waals surface area contributed by atoms with E-state index in [1.165, 1.54) is 6.92 Å². The summed E-state index contributed by atoms with van der Waals surface area (Å²) in [5, 5.41) is 3.40. The highest BCUT2D eigenvalue weighted by Gasteiger charge is 2.08. The van der Waals surface area contributed by atoms with E-state index >= 15 is 0 Å². The Morgan fingerprint density at radius 3 is 2.37 bits per heavy atom. The van der Waals surface area contributed by atoms with Crippen LogP contribution in [0.4, 0.5) is 0 Å². The molecule has 5 nitrogen and oxygen atoms in total. The number of hydrogen-bond donors (Lipinski definition) is 1. The van der Waals surface area contributed by atoms with E-state index in [2.05, 4.69) is 5.32 Å². The fourth-order valence-electron chi connectivity index (χ4n) is 2.41. The highest BCUT2D eigenvalue weighted by atomic mass is 35.5. The standard InChI is InChI=1S/C21H18ClNO4/c1-14(24)15-4-8-18(9-5-15)26-13-21(25)23-12-19-10-11-20(27-19)16-2-6-17(22)7-3-16/h2-11H,12-13H2,1H3,(H,23,25). The van der Waals surface area contributed by atoms with Crippen LogP contribution in [0.3, 0.4) is 0 Å². The Kier molecular flexibility index (Phi) is 5.94. The van der Waals surface area contributed by atoms with Crippen LogP contribution < -0.4 is 10.1 Å². The first-order valence-corrected chi connectivity index (χ1v) is 8.74. The number of carbonyl (C=O) groups excluding carboxylic acids is 2. The molecular formula is C21H18ClNO4. The van der Waals surface area contributed by atoms with Gasteiger partial charge in [-0.05, 0) is 67.6 Å². The van der Waals surface area contributed by atoms with Crippen LogP contribution in [0.5, 0.6) is 5.75 Å². The summed E-state index contributed by atoms with van der Waals surface area (Å²) in [5.74, 6) is 1.58. The van der Waals surface area contributed by atoms with E-state index in [9.17, 15) is 9.59 Å². The summed E-state index contributed by atoms with van der Waals surface area (Å²) in [4.78, 5) is 23.2. The number of hydrogen-bond acceptors (Lipinski definition) is 4. The van der Waals surface area contributed by atoms with Crippen LogP contribution in [0.1, 0.15) is 23.0 Å². The number of furan rings is 1. The summed E-state index contributed by atoms with van der Waals surface area (Å²) in [6.45, 7) is 1.64. The van der Waals surface area contributed by atoms with Gasteiger partial charge in [0.1, 0.15) is 17.3 Å². The van der Waals surface area contributed by atoms with Crippen molar-refractivity contribution in [1.29, 1.82) is 0 Å². The zero-order valence-corrected chi connectivity index (χ0v) is 15.5. The third kappa shape index (κ3) is 5.21. The fraction of sp³-hybridized carbons (Fsp3) is 0.143. The molecule has 3 aromatic rings. The molecule has 2 aromatic carbocycles. The third-order valence-electron chi connectivity index (χ3n) is 3.88. The van der Waals surface area contributed by atoms with E-state index < -0.39 is 0 Å². The molecule has 0 saturated carbocycles. The van der Waals surface area contributed by atoms with E-state index in [1.54, 1.807) is 36.4 Å². The molecule has 0 aliphatic rings. The van der Waals surface area contributed by atoms with Gasteiger partial charge in [-0.25, -0.2) is 0 Å². The minimum absolute atomic E-state index is 0.0179. The molecule has 0 saturated heterocycles. The third-order valence-corrected chi connectivity index (χ3v) is 4.13. The first-order chi connectivity index (χ1) is 13.0. The SMILES string of the molecule is CC(=O)c1ccc(OCC(=O)NCc2ccc(-c3ccc(Cl)cc3)o2)cc1. The number of rotatable bonds is 7. The van der Waals surface area contributed by atoms with E-state index in [-0.39, 0.29) is 24.8 Å². The van der Waals surface area contributed by atoms with Crippen molar-refractivity contribution in [3.05, 3.63) is 77.0 Å². The van der Waals surface area contributed by atoms with Crippen LogP contribution in [-0.2, 0) is 11.3 Å². The first-order valence-electron chi connectivity index (χ1n) is 8.36. The van der Waals surface area contributed by atoms with Crippen molar-refractivity contribution >= 4 is 23.3 Å². The molecule has 1 N–H and O–H groups in total. The van der Waals surface area contributed by atoms with Gasteiger partial charge in [0.05, 0.1) is 6.54 Å². The van der Waals surface area contributed by atoms with E-state index in [0.29, 0.717) is 27.9 Å². The van der Waals surface area contributed by atoms with Gasteiger partial charge in [0.15, 0.2) is 12.4 Å². The lowest BCUT2D eigenvalue weighted by Gasteiger charge is -2.07. The van der Waals surface area contributed by atoms with Crippen LogP contribution in [0, 0.1) is 0 Å². The number of nitrogens with one attached hydrogen (secondary N) is 1. The van der Waals surface area contributed by atoms with Crippen molar-refractivity contribution in [3.63, 3.8) is 0 Å². The average molecular weight is 384 g/mol. The minimum atomic E-state index is -0.268. The maximum atomic E-state index is 11.9. The molecule has 1 heterocycles. The van der Waals surface area contributed by atoms with E-state index in [0.717, 1.165) is 5.56 Å².